The third kappa shape index (κ3) is 3.35. The van der Waals surface area contributed by atoms with Crippen LogP contribution >= 0.6 is 0 Å². The molecule has 17 heavy (non-hydrogen) atoms. The summed E-state index contributed by atoms with van der Waals surface area (Å²) in [4.78, 5) is 0. The van der Waals surface area contributed by atoms with Gasteiger partial charge in [-0.1, -0.05) is 6.07 Å². The minimum Gasteiger partial charge on any atom is -0.504 e. The van der Waals surface area contributed by atoms with Crippen LogP contribution in [0.5, 0.6) is 11.5 Å². The Bertz CT molecular complexity index is 362. The van der Waals surface area contributed by atoms with Crippen LogP contribution in [0.1, 0.15) is 18.4 Å². The van der Waals surface area contributed by atoms with Crippen molar-refractivity contribution in [2.24, 2.45) is 0 Å². The molecule has 1 saturated heterocycles. The Morgan fingerprint density at radius 2 is 2.41 bits per heavy atom. The molecule has 4 heteroatoms. The Balaban J connectivity index is 1.80. The Labute approximate surface area is 102 Å². The minimum atomic E-state index is 0.184. The summed E-state index contributed by atoms with van der Waals surface area (Å²) in [5.41, 5.74) is 1.04. The van der Waals surface area contributed by atoms with E-state index in [1.165, 1.54) is 0 Å². The smallest absolute Gasteiger partial charge is 0.160 e. The zero-order valence-electron chi connectivity index (χ0n) is 10.1. The zero-order chi connectivity index (χ0) is 12.1. The fraction of sp³-hybridized carbons (Fsp3) is 0.538. The lowest BCUT2D eigenvalue weighted by Crippen LogP contribution is -2.25. The zero-order valence-corrected chi connectivity index (χ0v) is 10.1. The lowest BCUT2D eigenvalue weighted by atomic mass is 10.2. The number of phenols is 1. The second-order valence-corrected chi connectivity index (χ2v) is 4.27. The predicted molar refractivity (Wildman–Crippen MR) is 65.3 cm³/mol. The topological polar surface area (TPSA) is 50.7 Å². The molecule has 0 amide bonds. The summed E-state index contributed by atoms with van der Waals surface area (Å²) in [5.74, 6) is 0.691. The highest BCUT2D eigenvalue weighted by Gasteiger charge is 2.14. The van der Waals surface area contributed by atoms with Crippen molar-refractivity contribution in [3.63, 3.8) is 0 Å². The van der Waals surface area contributed by atoms with E-state index >= 15 is 0 Å². The van der Waals surface area contributed by atoms with E-state index in [1.54, 1.807) is 19.2 Å². The molecule has 1 heterocycles. The maximum atomic E-state index is 9.62. The third-order valence-electron chi connectivity index (χ3n) is 2.97. The van der Waals surface area contributed by atoms with Crippen molar-refractivity contribution < 1.29 is 14.6 Å². The van der Waals surface area contributed by atoms with Crippen LogP contribution in [0.4, 0.5) is 0 Å². The first-order valence-corrected chi connectivity index (χ1v) is 5.98. The van der Waals surface area contributed by atoms with Crippen molar-refractivity contribution in [3.8, 4) is 11.5 Å². The van der Waals surface area contributed by atoms with Crippen LogP contribution in [-0.4, -0.2) is 31.5 Å². The van der Waals surface area contributed by atoms with Crippen molar-refractivity contribution in [1.29, 1.82) is 0 Å². The Kier molecular flexibility index (Phi) is 4.23. The van der Waals surface area contributed by atoms with Crippen LogP contribution in [0, 0.1) is 0 Å². The molecule has 4 nitrogen and oxygen atoms in total. The highest BCUT2D eigenvalue weighted by atomic mass is 16.5. The fourth-order valence-corrected chi connectivity index (χ4v) is 2.03. The van der Waals surface area contributed by atoms with E-state index in [-0.39, 0.29) is 5.75 Å². The van der Waals surface area contributed by atoms with Crippen LogP contribution in [0.15, 0.2) is 18.2 Å². The van der Waals surface area contributed by atoms with Gasteiger partial charge in [-0.25, -0.2) is 0 Å². The molecule has 1 aliphatic rings. The summed E-state index contributed by atoms with van der Waals surface area (Å²) in [6.45, 7) is 2.49. The fourth-order valence-electron chi connectivity index (χ4n) is 2.03. The lowest BCUT2D eigenvalue weighted by molar-refractivity contribution is 0.110. The number of rotatable bonds is 5. The molecule has 0 aromatic heterocycles. The van der Waals surface area contributed by atoms with Gasteiger partial charge in [0.25, 0.3) is 0 Å². The molecule has 1 fully saturated rings. The number of benzene rings is 1. The molecule has 2 rings (SSSR count). The molecule has 1 unspecified atom stereocenters. The van der Waals surface area contributed by atoms with Gasteiger partial charge in [-0.05, 0) is 30.5 Å². The highest BCUT2D eigenvalue weighted by Crippen LogP contribution is 2.26. The van der Waals surface area contributed by atoms with Crippen LogP contribution in [0.3, 0.4) is 0 Å². The standard InChI is InChI=1S/C13H19NO3/c1-16-13-5-4-10(7-12(13)15)8-14-9-11-3-2-6-17-11/h4-5,7,11,14-15H,2-3,6,8-9H2,1H3. The molecule has 1 atom stereocenters. The summed E-state index contributed by atoms with van der Waals surface area (Å²) >= 11 is 0. The van der Waals surface area contributed by atoms with Gasteiger partial charge >= 0.3 is 0 Å². The monoisotopic (exact) mass is 237 g/mol. The van der Waals surface area contributed by atoms with Crippen molar-refractivity contribution in [1.82, 2.24) is 5.32 Å². The first-order valence-electron chi connectivity index (χ1n) is 5.98. The number of aromatic hydroxyl groups is 1. The molecule has 94 valence electrons. The SMILES string of the molecule is COc1ccc(CNCC2CCCO2)cc1O. The Hall–Kier alpha value is -1.26. The summed E-state index contributed by atoms with van der Waals surface area (Å²) in [6.07, 6.45) is 2.65. The van der Waals surface area contributed by atoms with Gasteiger partial charge in [0.15, 0.2) is 11.5 Å². The summed E-state index contributed by atoms with van der Waals surface area (Å²) in [6, 6.07) is 5.45. The lowest BCUT2D eigenvalue weighted by Gasteiger charge is -2.11. The second kappa shape index (κ2) is 5.89. The molecule has 0 saturated carbocycles. The first-order chi connectivity index (χ1) is 8.29. The van der Waals surface area contributed by atoms with Crippen LogP contribution in [0.25, 0.3) is 0 Å². The van der Waals surface area contributed by atoms with Crippen LogP contribution < -0.4 is 10.1 Å². The summed E-state index contributed by atoms with van der Waals surface area (Å²) in [5, 5.41) is 13.0. The second-order valence-electron chi connectivity index (χ2n) is 4.27. The number of hydrogen-bond acceptors (Lipinski definition) is 4. The van der Waals surface area contributed by atoms with Gasteiger partial charge in [0.05, 0.1) is 13.2 Å². The third-order valence-corrected chi connectivity index (χ3v) is 2.97. The molecule has 0 bridgehead atoms. The van der Waals surface area contributed by atoms with Crippen LogP contribution in [0.2, 0.25) is 0 Å². The Morgan fingerprint density at radius 3 is 3.06 bits per heavy atom. The molecular weight excluding hydrogens is 218 g/mol. The highest BCUT2D eigenvalue weighted by molar-refractivity contribution is 5.41. The van der Waals surface area contributed by atoms with Gasteiger partial charge < -0.3 is 19.9 Å². The van der Waals surface area contributed by atoms with Gasteiger partial charge in [-0.15, -0.1) is 0 Å². The van der Waals surface area contributed by atoms with Gasteiger partial charge in [-0.2, -0.15) is 0 Å². The average Bonchev–Trinajstić information content (AvgIpc) is 2.82. The summed E-state index contributed by atoms with van der Waals surface area (Å²) in [7, 11) is 1.55. The van der Waals surface area contributed by atoms with Crippen molar-refractivity contribution in [2.75, 3.05) is 20.3 Å². The molecule has 0 radical (unpaired) electrons. The molecular formula is C13H19NO3. The van der Waals surface area contributed by atoms with Crippen molar-refractivity contribution >= 4 is 0 Å². The summed E-state index contributed by atoms with van der Waals surface area (Å²) < 4.78 is 10.5. The van der Waals surface area contributed by atoms with E-state index in [2.05, 4.69) is 5.32 Å². The average molecular weight is 237 g/mol. The van der Waals surface area contributed by atoms with E-state index in [1.807, 2.05) is 6.07 Å². The van der Waals surface area contributed by atoms with E-state index in [0.29, 0.717) is 11.9 Å². The maximum Gasteiger partial charge on any atom is 0.160 e. The van der Waals surface area contributed by atoms with E-state index in [4.69, 9.17) is 9.47 Å². The van der Waals surface area contributed by atoms with Crippen molar-refractivity contribution in [2.45, 2.75) is 25.5 Å². The largest absolute Gasteiger partial charge is 0.504 e. The van der Waals surface area contributed by atoms with E-state index in [9.17, 15) is 5.11 Å². The number of phenolic OH excluding ortho intramolecular Hbond substituents is 1. The van der Waals surface area contributed by atoms with Crippen LogP contribution in [-0.2, 0) is 11.3 Å². The van der Waals surface area contributed by atoms with E-state index in [0.717, 1.165) is 38.1 Å². The van der Waals surface area contributed by atoms with Gasteiger partial charge in [0.1, 0.15) is 0 Å². The van der Waals surface area contributed by atoms with Crippen molar-refractivity contribution in [3.05, 3.63) is 23.8 Å². The molecule has 0 spiro atoms. The molecule has 1 aromatic rings. The molecule has 2 N–H and O–H groups in total. The normalized spacial score (nSPS) is 19.5. The number of ether oxygens (including phenoxy) is 2. The minimum absolute atomic E-state index is 0.184. The molecule has 1 aromatic carbocycles. The Morgan fingerprint density at radius 1 is 1.53 bits per heavy atom. The number of hydrogen-bond donors (Lipinski definition) is 2. The molecule has 0 aliphatic carbocycles. The number of nitrogens with one attached hydrogen (secondary N) is 1. The van der Waals surface area contributed by atoms with Gasteiger partial charge in [0, 0.05) is 19.7 Å². The first kappa shape index (κ1) is 12.2. The van der Waals surface area contributed by atoms with E-state index < -0.39 is 0 Å². The molecule has 1 aliphatic heterocycles. The van der Waals surface area contributed by atoms with Gasteiger partial charge in [-0.3, -0.25) is 0 Å². The van der Waals surface area contributed by atoms with Gasteiger partial charge in [0.2, 0.25) is 0 Å². The maximum absolute atomic E-state index is 9.62. The number of methoxy groups -OCH3 is 1. The quantitative estimate of drug-likeness (QED) is 0.818. The predicted octanol–water partition coefficient (Wildman–Crippen LogP) is 1.67.